The van der Waals surface area contributed by atoms with Crippen molar-refractivity contribution in [3.8, 4) is 11.8 Å². The molecule has 0 heterocycles. The minimum atomic E-state index is -0.0831. The highest BCUT2D eigenvalue weighted by Crippen LogP contribution is 2.24. The van der Waals surface area contributed by atoms with Gasteiger partial charge in [0.05, 0.1) is 0 Å². The van der Waals surface area contributed by atoms with Crippen molar-refractivity contribution in [2.24, 2.45) is 5.92 Å². The second-order valence-corrected chi connectivity index (χ2v) is 3.24. The van der Waals surface area contributed by atoms with E-state index in [2.05, 4.69) is 24.0 Å². The Kier molecular flexibility index (Phi) is 3.52. The molecule has 0 aliphatic heterocycles. The van der Waals surface area contributed by atoms with Crippen molar-refractivity contribution < 1.29 is 4.79 Å². The summed E-state index contributed by atoms with van der Waals surface area (Å²) in [4.78, 5) is 11.1. The molecule has 0 saturated carbocycles. The van der Waals surface area contributed by atoms with Gasteiger partial charge in [0.15, 0.2) is 0 Å². The second-order valence-electron chi connectivity index (χ2n) is 3.24. The van der Waals surface area contributed by atoms with Gasteiger partial charge in [-0.3, -0.25) is 4.79 Å². The zero-order valence-electron chi connectivity index (χ0n) is 8.13. The summed E-state index contributed by atoms with van der Waals surface area (Å²) in [5, 5.41) is 0. The fourth-order valence-electron chi connectivity index (χ4n) is 1.49. The van der Waals surface area contributed by atoms with Crippen LogP contribution < -0.4 is 0 Å². The van der Waals surface area contributed by atoms with Gasteiger partial charge in [-0.15, -0.1) is 0 Å². The zero-order valence-corrected chi connectivity index (χ0v) is 8.13. The molecule has 1 aliphatic carbocycles. The van der Waals surface area contributed by atoms with Crippen LogP contribution in [0.15, 0.2) is 23.8 Å². The molecule has 0 radical (unpaired) electrons. The van der Waals surface area contributed by atoms with Gasteiger partial charge in [0.2, 0.25) is 5.78 Å². The molecule has 1 nitrogen and oxygen atoms in total. The van der Waals surface area contributed by atoms with Crippen LogP contribution >= 0.6 is 0 Å². The van der Waals surface area contributed by atoms with E-state index < -0.39 is 0 Å². The van der Waals surface area contributed by atoms with Crippen molar-refractivity contribution in [2.75, 3.05) is 0 Å². The van der Waals surface area contributed by atoms with Crippen molar-refractivity contribution in [1.82, 2.24) is 0 Å². The van der Waals surface area contributed by atoms with Crippen molar-refractivity contribution >= 4 is 5.78 Å². The standard InChI is InChI=1S/C12H14O/c1-3-6-12(13)9-10(2)11-7-4-5-8-11/h4,7,9,11H,5,8H2,1-2H3/b10-9+. The van der Waals surface area contributed by atoms with E-state index >= 15 is 0 Å². The number of allylic oxidation sites excluding steroid dienone is 4. The van der Waals surface area contributed by atoms with Crippen LogP contribution in [0.25, 0.3) is 0 Å². The quantitative estimate of drug-likeness (QED) is 0.272. The molecular formula is C12H14O. The summed E-state index contributed by atoms with van der Waals surface area (Å²) in [5.41, 5.74) is 1.13. The molecule has 0 spiro atoms. The fourth-order valence-corrected chi connectivity index (χ4v) is 1.49. The molecular weight excluding hydrogens is 160 g/mol. The Bertz CT molecular complexity index is 310. The predicted octanol–water partition coefficient (Wildman–Crippen LogP) is 2.49. The molecule has 1 heteroatoms. The largest absolute Gasteiger partial charge is 0.280 e. The van der Waals surface area contributed by atoms with E-state index in [1.807, 2.05) is 6.92 Å². The molecule has 1 rings (SSSR count). The van der Waals surface area contributed by atoms with E-state index in [-0.39, 0.29) is 5.78 Å². The van der Waals surface area contributed by atoms with Gasteiger partial charge in [-0.2, -0.15) is 0 Å². The molecule has 13 heavy (non-hydrogen) atoms. The Morgan fingerprint density at radius 3 is 2.92 bits per heavy atom. The Morgan fingerprint density at radius 1 is 1.62 bits per heavy atom. The molecule has 0 aromatic carbocycles. The topological polar surface area (TPSA) is 17.1 Å². The van der Waals surface area contributed by atoms with Crippen LogP contribution in [0.4, 0.5) is 0 Å². The zero-order chi connectivity index (χ0) is 9.68. The third-order valence-corrected chi connectivity index (χ3v) is 2.20. The summed E-state index contributed by atoms with van der Waals surface area (Å²) in [7, 11) is 0. The number of hydrogen-bond acceptors (Lipinski definition) is 1. The molecule has 0 amide bonds. The van der Waals surface area contributed by atoms with Crippen molar-refractivity contribution in [3.05, 3.63) is 23.8 Å². The molecule has 0 aromatic heterocycles. The first-order valence-corrected chi connectivity index (χ1v) is 4.55. The number of rotatable bonds is 2. The maximum absolute atomic E-state index is 11.1. The van der Waals surface area contributed by atoms with Gasteiger partial charge in [-0.05, 0) is 44.6 Å². The van der Waals surface area contributed by atoms with Crippen LogP contribution in [0.1, 0.15) is 26.7 Å². The normalized spacial score (nSPS) is 21.1. The van der Waals surface area contributed by atoms with Crippen LogP contribution in [0.2, 0.25) is 0 Å². The Balaban J connectivity index is 2.63. The lowest BCUT2D eigenvalue weighted by molar-refractivity contribution is -0.109. The monoisotopic (exact) mass is 174 g/mol. The summed E-state index contributed by atoms with van der Waals surface area (Å²) < 4.78 is 0. The average Bonchev–Trinajstić information content (AvgIpc) is 2.55. The van der Waals surface area contributed by atoms with Crippen molar-refractivity contribution in [3.63, 3.8) is 0 Å². The van der Waals surface area contributed by atoms with Gasteiger partial charge < -0.3 is 0 Å². The summed E-state index contributed by atoms with van der Waals surface area (Å²) in [6.45, 7) is 3.67. The number of hydrogen-bond donors (Lipinski definition) is 0. The highest BCUT2D eigenvalue weighted by molar-refractivity contribution is 6.04. The summed E-state index contributed by atoms with van der Waals surface area (Å²) in [5.74, 6) is 5.49. The lowest BCUT2D eigenvalue weighted by atomic mass is 9.99. The van der Waals surface area contributed by atoms with E-state index in [0.29, 0.717) is 5.92 Å². The van der Waals surface area contributed by atoms with Gasteiger partial charge in [-0.1, -0.05) is 23.6 Å². The molecule has 0 bridgehead atoms. The van der Waals surface area contributed by atoms with Crippen LogP contribution in [-0.4, -0.2) is 5.78 Å². The van der Waals surface area contributed by atoms with Gasteiger partial charge in [0, 0.05) is 0 Å². The number of carbonyl (C=O) groups excluding carboxylic acids is 1. The van der Waals surface area contributed by atoms with Crippen molar-refractivity contribution in [2.45, 2.75) is 26.7 Å². The molecule has 0 aromatic rings. The molecule has 0 N–H and O–H groups in total. The third kappa shape index (κ3) is 2.91. The summed E-state index contributed by atoms with van der Waals surface area (Å²) >= 11 is 0. The maximum Gasteiger partial charge on any atom is 0.228 e. The van der Waals surface area contributed by atoms with E-state index in [4.69, 9.17) is 0 Å². The molecule has 1 atom stereocenters. The van der Waals surface area contributed by atoms with Gasteiger partial charge in [-0.25, -0.2) is 0 Å². The third-order valence-electron chi connectivity index (χ3n) is 2.20. The lowest BCUT2D eigenvalue weighted by Gasteiger charge is -2.05. The fraction of sp³-hybridized carbons (Fsp3) is 0.417. The number of carbonyl (C=O) groups is 1. The Hall–Kier alpha value is -1.29. The van der Waals surface area contributed by atoms with E-state index in [1.165, 1.54) is 0 Å². The Morgan fingerprint density at radius 2 is 2.38 bits per heavy atom. The minimum Gasteiger partial charge on any atom is -0.280 e. The van der Waals surface area contributed by atoms with Crippen LogP contribution in [0.3, 0.4) is 0 Å². The molecule has 0 saturated heterocycles. The number of ketones is 1. The van der Waals surface area contributed by atoms with Crippen molar-refractivity contribution in [1.29, 1.82) is 0 Å². The molecule has 1 unspecified atom stereocenters. The Labute approximate surface area is 79.5 Å². The van der Waals surface area contributed by atoms with E-state index in [9.17, 15) is 4.79 Å². The first kappa shape index (κ1) is 9.80. The van der Waals surface area contributed by atoms with Gasteiger partial charge in [0.1, 0.15) is 0 Å². The first-order valence-electron chi connectivity index (χ1n) is 4.55. The average molecular weight is 174 g/mol. The first-order chi connectivity index (χ1) is 6.24. The van der Waals surface area contributed by atoms with Gasteiger partial charge >= 0.3 is 0 Å². The van der Waals surface area contributed by atoms with E-state index in [0.717, 1.165) is 18.4 Å². The predicted molar refractivity (Wildman–Crippen MR) is 54.1 cm³/mol. The highest BCUT2D eigenvalue weighted by atomic mass is 16.1. The summed E-state index contributed by atoms with van der Waals surface area (Å²) in [6, 6.07) is 0. The van der Waals surface area contributed by atoms with E-state index in [1.54, 1.807) is 13.0 Å². The summed E-state index contributed by atoms with van der Waals surface area (Å²) in [6.07, 6.45) is 8.24. The SMILES string of the molecule is CC#CC(=O)/C=C(\C)C1C=CCC1. The highest BCUT2D eigenvalue weighted by Gasteiger charge is 2.11. The molecule has 0 fully saturated rings. The van der Waals surface area contributed by atoms with Gasteiger partial charge in [0.25, 0.3) is 0 Å². The maximum atomic E-state index is 11.1. The van der Waals surface area contributed by atoms with Crippen LogP contribution in [0, 0.1) is 17.8 Å². The molecule has 68 valence electrons. The second kappa shape index (κ2) is 4.67. The lowest BCUT2D eigenvalue weighted by Crippen LogP contribution is -1.97. The van der Waals surface area contributed by atoms with Crippen LogP contribution in [-0.2, 0) is 4.79 Å². The molecule has 1 aliphatic rings. The van der Waals surface area contributed by atoms with Crippen LogP contribution in [0.5, 0.6) is 0 Å². The smallest absolute Gasteiger partial charge is 0.228 e. The minimum absolute atomic E-state index is 0.0831.